The van der Waals surface area contributed by atoms with Crippen LogP contribution in [0.3, 0.4) is 0 Å². The first-order chi connectivity index (χ1) is 9.49. The van der Waals surface area contributed by atoms with Crippen LogP contribution in [0.5, 0.6) is 0 Å². The van der Waals surface area contributed by atoms with Crippen molar-refractivity contribution in [3.63, 3.8) is 0 Å². The fraction of sp³-hybridized carbons (Fsp3) is 0.727. The van der Waals surface area contributed by atoms with Crippen molar-refractivity contribution in [1.29, 1.82) is 0 Å². The Bertz CT molecular complexity index is 374. The lowest BCUT2D eigenvalue weighted by Crippen LogP contribution is -2.55. The number of aliphatic hydroxyl groups is 1. The number of nitrogens with one attached hydrogen (secondary N) is 1. The predicted octanol–water partition coefficient (Wildman–Crippen LogP) is -1.59. The highest BCUT2D eigenvalue weighted by Crippen LogP contribution is 2.07. The summed E-state index contributed by atoms with van der Waals surface area (Å²) in [7, 11) is 1.21. The Morgan fingerprint density at radius 2 is 2.20 bits per heavy atom. The van der Waals surface area contributed by atoms with Gasteiger partial charge in [0.2, 0.25) is 0 Å². The minimum absolute atomic E-state index is 0.00995. The Kier molecular flexibility index (Phi) is 6.19. The van der Waals surface area contributed by atoms with E-state index in [9.17, 15) is 14.4 Å². The molecule has 1 fully saturated rings. The van der Waals surface area contributed by atoms with Crippen molar-refractivity contribution in [3.05, 3.63) is 0 Å². The average molecular weight is 290 g/mol. The van der Waals surface area contributed by atoms with Crippen molar-refractivity contribution in [1.82, 2.24) is 10.2 Å². The number of hydrogen-bond acceptors (Lipinski definition) is 6. The number of esters is 1. The number of methoxy groups -OCH3 is 1. The van der Waals surface area contributed by atoms with Gasteiger partial charge in [-0.1, -0.05) is 0 Å². The number of urea groups is 1. The van der Waals surface area contributed by atoms with E-state index < -0.39 is 30.1 Å². The zero-order valence-electron chi connectivity index (χ0n) is 11.1. The number of hydrogen-bond donors (Lipinski definition) is 3. The van der Waals surface area contributed by atoms with Crippen LogP contribution in [0.15, 0.2) is 0 Å². The van der Waals surface area contributed by atoms with E-state index in [2.05, 4.69) is 10.1 Å². The maximum absolute atomic E-state index is 11.9. The fourth-order valence-corrected chi connectivity index (χ4v) is 1.73. The largest absolute Gasteiger partial charge is 0.480 e. The molecule has 0 aromatic rings. The Morgan fingerprint density at radius 3 is 2.75 bits per heavy atom. The van der Waals surface area contributed by atoms with E-state index in [0.717, 1.165) is 0 Å². The van der Waals surface area contributed by atoms with Gasteiger partial charge >= 0.3 is 18.0 Å². The Labute approximate surface area is 115 Å². The lowest BCUT2D eigenvalue weighted by molar-refractivity contribution is -0.158. The molecule has 0 radical (unpaired) electrons. The highest BCUT2D eigenvalue weighted by molar-refractivity contribution is 5.83. The van der Waals surface area contributed by atoms with E-state index in [1.54, 1.807) is 0 Å². The number of morpholine rings is 1. The maximum atomic E-state index is 11.9. The quantitative estimate of drug-likeness (QED) is 0.521. The summed E-state index contributed by atoms with van der Waals surface area (Å²) < 4.78 is 9.68. The summed E-state index contributed by atoms with van der Waals surface area (Å²) in [4.78, 5) is 35.4. The predicted molar refractivity (Wildman–Crippen MR) is 65.0 cm³/mol. The van der Waals surface area contributed by atoms with Crippen LogP contribution >= 0.6 is 0 Å². The van der Waals surface area contributed by atoms with Gasteiger partial charge in [0.25, 0.3) is 0 Å². The van der Waals surface area contributed by atoms with Crippen LogP contribution < -0.4 is 5.32 Å². The molecule has 2 atom stereocenters. The second-order valence-electron chi connectivity index (χ2n) is 4.18. The first kappa shape index (κ1) is 16.2. The van der Waals surface area contributed by atoms with Gasteiger partial charge in [0.05, 0.1) is 20.3 Å². The molecule has 0 spiro atoms. The molecule has 0 saturated carbocycles. The van der Waals surface area contributed by atoms with Gasteiger partial charge in [-0.25, -0.2) is 14.4 Å². The van der Waals surface area contributed by atoms with E-state index in [4.69, 9.17) is 14.9 Å². The summed E-state index contributed by atoms with van der Waals surface area (Å²) in [6.45, 7) is 0.0326. The Balaban J connectivity index is 2.57. The zero-order valence-corrected chi connectivity index (χ0v) is 11.1. The summed E-state index contributed by atoms with van der Waals surface area (Å²) in [5, 5.41) is 19.9. The fourth-order valence-electron chi connectivity index (χ4n) is 1.73. The van der Waals surface area contributed by atoms with Gasteiger partial charge in [-0.05, 0) is 0 Å². The normalized spacial score (nSPS) is 20.1. The molecule has 3 N–H and O–H groups in total. The molecule has 1 saturated heterocycles. The lowest BCUT2D eigenvalue weighted by Gasteiger charge is -2.32. The second-order valence-corrected chi connectivity index (χ2v) is 4.18. The molecule has 2 unspecified atom stereocenters. The monoisotopic (exact) mass is 290 g/mol. The Morgan fingerprint density at radius 1 is 1.50 bits per heavy atom. The molecule has 20 heavy (non-hydrogen) atoms. The molecule has 0 aromatic carbocycles. The van der Waals surface area contributed by atoms with Crippen LogP contribution in [0.2, 0.25) is 0 Å². The minimum Gasteiger partial charge on any atom is -0.480 e. The lowest BCUT2D eigenvalue weighted by atomic mass is 10.2. The third-order valence-corrected chi connectivity index (χ3v) is 2.83. The van der Waals surface area contributed by atoms with Crippen LogP contribution in [0.25, 0.3) is 0 Å². The standard InChI is InChI=1S/C11H18N2O7/c1-19-10(17)8-6-13(3-5-20-8)11(18)12-7(2-4-14)9(15)16/h7-8,14H,2-6H2,1H3,(H,12,18)(H,15,16). The summed E-state index contributed by atoms with van der Waals surface area (Å²) in [6.07, 6.45) is -0.966. The second kappa shape index (κ2) is 7.65. The van der Waals surface area contributed by atoms with E-state index in [-0.39, 0.29) is 32.7 Å². The number of carbonyl (C=O) groups excluding carboxylic acids is 2. The van der Waals surface area contributed by atoms with Crippen LogP contribution in [0.4, 0.5) is 4.79 Å². The molecular weight excluding hydrogens is 272 g/mol. The van der Waals surface area contributed by atoms with Crippen LogP contribution in [-0.4, -0.2) is 78.6 Å². The summed E-state index contributed by atoms with van der Waals surface area (Å²) in [6, 6.07) is -1.80. The number of carboxylic acids is 1. The molecule has 9 heteroatoms. The van der Waals surface area contributed by atoms with E-state index >= 15 is 0 Å². The topological polar surface area (TPSA) is 125 Å². The van der Waals surface area contributed by atoms with E-state index in [1.807, 2.05) is 0 Å². The average Bonchev–Trinajstić information content (AvgIpc) is 2.45. The van der Waals surface area contributed by atoms with Gasteiger partial charge in [0.1, 0.15) is 6.04 Å². The molecular formula is C11H18N2O7. The smallest absolute Gasteiger partial charge is 0.336 e. The summed E-state index contributed by atoms with van der Waals surface area (Å²) in [5.41, 5.74) is 0. The molecule has 1 heterocycles. The first-order valence-electron chi connectivity index (χ1n) is 6.08. The third kappa shape index (κ3) is 4.35. The minimum atomic E-state index is -1.23. The molecule has 1 rings (SSSR count). The molecule has 1 aliphatic rings. The number of aliphatic hydroxyl groups excluding tert-OH is 1. The Hall–Kier alpha value is -1.87. The third-order valence-electron chi connectivity index (χ3n) is 2.83. The number of rotatable bonds is 5. The van der Waals surface area contributed by atoms with Crippen molar-refractivity contribution in [2.75, 3.05) is 33.4 Å². The van der Waals surface area contributed by atoms with Crippen LogP contribution in [0.1, 0.15) is 6.42 Å². The highest BCUT2D eigenvalue weighted by atomic mass is 16.6. The SMILES string of the molecule is COC(=O)C1CN(C(=O)NC(CCO)C(=O)O)CCO1. The van der Waals surface area contributed by atoms with Gasteiger partial charge in [0.15, 0.2) is 6.10 Å². The van der Waals surface area contributed by atoms with E-state index in [1.165, 1.54) is 12.0 Å². The van der Waals surface area contributed by atoms with Crippen molar-refractivity contribution >= 4 is 18.0 Å². The first-order valence-corrected chi connectivity index (χ1v) is 6.08. The van der Waals surface area contributed by atoms with Crippen LogP contribution in [-0.2, 0) is 19.1 Å². The van der Waals surface area contributed by atoms with E-state index in [0.29, 0.717) is 0 Å². The molecule has 114 valence electrons. The molecule has 0 bridgehead atoms. The molecule has 0 aliphatic carbocycles. The maximum Gasteiger partial charge on any atom is 0.336 e. The van der Waals surface area contributed by atoms with Gasteiger partial charge in [-0.15, -0.1) is 0 Å². The number of amides is 2. The number of nitrogens with zero attached hydrogens (tertiary/aromatic N) is 1. The summed E-state index contributed by atoms with van der Waals surface area (Å²) in [5.74, 6) is -1.82. The van der Waals surface area contributed by atoms with Crippen molar-refractivity contribution < 1.29 is 34.1 Å². The van der Waals surface area contributed by atoms with Crippen molar-refractivity contribution in [3.8, 4) is 0 Å². The van der Waals surface area contributed by atoms with Crippen LogP contribution in [0, 0.1) is 0 Å². The molecule has 9 nitrogen and oxygen atoms in total. The number of carbonyl (C=O) groups is 3. The molecule has 1 aliphatic heterocycles. The number of ether oxygens (including phenoxy) is 2. The van der Waals surface area contributed by atoms with Crippen molar-refractivity contribution in [2.45, 2.75) is 18.6 Å². The zero-order chi connectivity index (χ0) is 15.1. The van der Waals surface area contributed by atoms with Crippen molar-refractivity contribution in [2.24, 2.45) is 0 Å². The number of aliphatic carboxylic acids is 1. The van der Waals surface area contributed by atoms with Gasteiger partial charge in [-0.2, -0.15) is 0 Å². The number of carboxylic acid groups (broad SMARTS) is 1. The van der Waals surface area contributed by atoms with Gasteiger partial charge in [0, 0.05) is 19.6 Å². The molecule has 2 amide bonds. The highest BCUT2D eigenvalue weighted by Gasteiger charge is 2.31. The van der Waals surface area contributed by atoms with Gasteiger partial charge in [-0.3, -0.25) is 0 Å². The summed E-state index contributed by atoms with van der Waals surface area (Å²) >= 11 is 0. The van der Waals surface area contributed by atoms with Gasteiger partial charge < -0.3 is 29.9 Å². The molecule has 0 aromatic heterocycles.